The summed E-state index contributed by atoms with van der Waals surface area (Å²) in [6, 6.07) is 6.00. The summed E-state index contributed by atoms with van der Waals surface area (Å²) in [5, 5.41) is 2.88. The Morgan fingerprint density at radius 1 is 1.07 bits per heavy atom. The maximum absolute atomic E-state index is 12.4. The van der Waals surface area contributed by atoms with Gasteiger partial charge in [0.15, 0.2) is 0 Å². The van der Waals surface area contributed by atoms with Crippen LogP contribution in [0.15, 0.2) is 18.2 Å². The second-order valence-electron chi connectivity index (χ2n) is 7.85. The van der Waals surface area contributed by atoms with E-state index < -0.39 is 0 Å². The molecule has 2 rings (SSSR count). The number of carbonyl (C=O) groups excluding carboxylic acids is 2. The van der Waals surface area contributed by atoms with Gasteiger partial charge in [0.25, 0.3) is 0 Å². The molecular weight excluding hydrogens is 356 g/mol. The summed E-state index contributed by atoms with van der Waals surface area (Å²) in [6.45, 7) is 13.0. The minimum absolute atomic E-state index is 0.0767. The van der Waals surface area contributed by atoms with Crippen molar-refractivity contribution >= 4 is 11.9 Å². The zero-order valence-electron chi connectivity index (χ0n) is 17.6. The highest BCUT2D eigenvalue weighted by molar-refractivity contribution is 5.82. The molecule has 0 bridgehead atoms. The van der Waals surface area contributed by atoms with Gasteiger partial charge in [-0.25, -0.2) is 0 Å². The maximum atomic E-state index is 12.4. The van der Waals surface area contributed by atoms with E-state index in [9.17, 15) is 9.59 Å². The first kappa shape index (κ1) is 22.4. The molecule has 0 spiro atoms. The molecule has 6 heteroatoms. The fourth-order valence-electron chi connectivity index (χ4n) is 3.25. The van der Waals surface area contributed by atoms with Crippen molar-refractivity contribution in [3.63, 3.8) is 0 Å². The number of rotatable bonds is 9. The van der Waals surface area contributed by atoms with E-state index in [2.05, 4.69) is 37.9 Å². The zero-order valence-corrected chi connectivity index (χ0v) is 17.6. The van der Waals surface area contributed by atoms with E-state index in [1.54, 1.807) is 0 Å². The lowest BCUT2D eigenvalue weighted by Gasteiger charge is -2.26. The minimum Gasteiger partial charge on any atom is -0.426 e. The molecule has 1 amide bonds. The van der Waals surface area contributed by atoms with Gasteiger partial charge in [0.1, 0.15) is 5.75 Å². The fourth-order valence-corrected chi connectivity index (χ4v) is 3.25. The normalized spacial score (nSPS) is 15.1. The van der Waals surface area contributed by atoms with Crippen LogP contribution in [-0.2, 0) is 14.3 Å². The molecule has 0 radical (unpaired) electrons. The van der Waals surface area contributed by atoms with Gasteiger partial charge in [-0.05, 0) is 23.0 Å². The topological polar surface area (TPSA) is 67.9 Å². The Labute approximate surface area is 168 Å². The summed E-state index contributed by atoms with van der Waals surface area (Å²) in [5.74, 6) is 0.685. The molecule has 156 valence electrons. The molecule has 1 aromatic carbocycles. The van der Waals surface area contributed by atoms with E-state index >= 15 is 0 Å². The molecular formula is C22H34N2O4. The first-order valence-electron chi connectivity index (χ1n) is 10.3. The summed E-state index contributed by atoms with van der Waals surface area (Å²) < 4.78 is 11.0. The van der Waals surface area contributed by atoms with Gasteiger partial charge in [-0.1, -0.05) is 45.9 Å². The summed E-state index contributed by atoms with van der Waals surface area (Å²) >= 11 is 0. The van der Waals surface area contributed by atoms with Crippen molar-refractivity contribution in [2.45, 2.75) is 52.4 Å². The van der Waals surface area contributed by atoms with Crippen LogP contribution in [0.3, 0.4) is 0 Å². The molecule has 1 saturated heterocycles. The third kappa shape index (κ3) is 6.91. The van der Waals surface area contributed by atoms with E-state index in [1.165, 1.54) is 0 Å². The van der Waals surface area contributed by atoms with Gasteiger partial charge in [-0.15, -0.1) is 0 Å². The Morgan fingerprint density at radius 2 is 1.68 bits per heavy atom. The molecule has 0 atom stereocenters. The van der Waals surface area contributed by atoms with Gasteiger partial charge < -0.3 is 14.8 Å². The Bertz CT molecular complexity index is 626. The predicted octanol–water partition coefficient (Wildman–Crippen LogP) is 3.07. The van der Waals surface area contributed by atoms with Gasteiger partial charge >= 0.3 is 5.97 Å². The average Bonchev–Trinajstić information content (AvgIpc) is 2.67. The largest absolute Gasteiger partial charge is 0.426 e. The molecule has 1 heterocycles. The lowest BCUT2D eigenvalue weighted by Crippen LogP contribution is -2.41. The van der Waals surface area contributed by atoms with Crippen molar-refractivity contribution in [2.24, 2.45) is 0 Å². The lowest BCUT2D eigenvalue weighted by molar-refractivity contribution is -0.136. The number of para-hydroxylation sites is 1. The smallest absolute Gasteiger partial charge is 0.311 e. The van der Waals surface area contributed by atoms with Crippen LogP contribution >= 0.6 is 0 Å². The van der Waals surface area contributed by atoms with Crippen molar-refractivity contribution in [3.05, 3.63) is 29.3 Å². The first-order valence-corrected chi connectivity index (χ1v) is 10.3. The Morgan fingerprint density at radius 3 is 2.25 bits per heavy atom. The maximum Gasteiger partial charge on any atom is 0.311 e. The van der Waals surface area contributed by atoms with Crippen LogP contribution in [0.4, 0.5) is 0 Å². The molecule has 0 saturated carbocycles. The molecule has 0 aromatic heterocycles. The quantitative estimate of drug-likeness (QED) is 0.518. The van der Waals surface area contributed by atoms with E-state index in [1.807, 2.05) is 18.2 Å². The highest BCUT2D eigenvalue weighted by atomic mass is 16.5. The fraction of sp³-hybridized carbons (Fsp3) is 0.636. The van der Waals surface area contributed by atoms with Crippen LogP contribution in [0, 0.1) is 0 Å². The number of hydrogen-bond donors (Lipinski definition) is 1. The molecule has 1 aliphatic heterocycles. The van der Waals surface area contributed by atoms with Crippen molar-refractivity contribution in [2.75, 3.05) is 39.4 Å². The van der Waals surface area contributed by atoms with E-state index in [-0.39, 0.29) is 36.6 Å². The third-order valence-electron chi connectivity index (χ3n) is 4.95. The van der Waals surface area contributed by atoms with Gasteiger partial charge in [-0.3, -0.25) is 14.5 Å². The SMILES string of the molecule is CC(C)c1cccc(C(C)C)c1OC(=O)CCC(=O)NCCN1CCOCC1. The Balaban J connectivity index is 1.81. The number of morpholine rings is 1. The lowest BCUT2D eigenvalue weighted by atomic mass is 9.94. The summed E-state index contributed by atoms with van der Waals surface area (Å²) in [5.41, 5.74) is 2.05. The van der Waals surface area contributed by atoms with E-state index in [4.69, 9.17) is 9.47 Å². The van der Waals surface area contributed by atoms with Gasteiger partial charge in [0.05, 0.1) is 19.6 Å². The Hall–Kier alpha value is -1.92. The number of carbonyl (C=O) groups is 2. The standard InChI is InChI=1S/C22H34N2O4/c1-16(2)18-6-5-7-19(17(3)4)22(18)28-21(26)9-8-20(25)23-10-11-24-12-14-27-15-13-24/h5-7,16-17H,8-15H2,1-4H3,(H,23,25). The molecule has 1 aromatic rings. The molecule has 1 fully saturated rings. The van der Waals surface area contributed by atoms with Crippen molar-refractivity contribution in [3.8, 4) is 5.75 Å². The van der Waals surface area contributed by atoms with Crippen LogP contribution in [0.5, 0.6) is 5.75 Å². The zero-order chi connectivity index (χ0) is 20.5. The number of nitrogens with zero attached hydrogens (tertiary/aromatic N) is 1. The molecule has 0 aliphatic carbocycles. The van der Waals surface area contributed by atoms with Gasteiger partial charge in [-0.2, -0.15) is 0 Å². The van der Waals surface area contributed by atoms with Gasteiger partial charge in [0.2, 0.25) is 5.91 Å². The number of benzene rings is 1. The monoisotopic (exact) mass is 390 g/mol. The number of amides is 1. The predicted molar refractivity (Wildman–Crippen MR) is 110 cm³/mol. The van der Waals surface area contributed by atoms with Gasteiger partial charge in [0, 0.05) is 32.6 Å². The second-order valence-corrected chi connectivity index (χ2v) is 7.85. The first-order chi connectivity index (χ1) is 13.4. The summed E-state index contributed by atoms with van der Waals surface area (Å²) in [6.07, 6.45) is 0.218. The number of nitrogens with one attached hydrogen (secondary N) is 1. The average molecular weight is 391 g/mol. The molecule has 1 N–H and O–H groups in total. The molecule has 6 nitrogen and oxygen atoms in total. The van der Waals surface area contributed by atoms with Crippen molar-refractivity contribution in [1.29, 1.82) is 0 Å². The molecule has 0 unspecified atom stereocenters. The van der Waals surface area contributed by atoms with Crippen LogP contribution in [0.25, 0.3) is 0 Å². The highest BCUT2D eigenvalue weighted by Crippen LogP contribution is 2.34. The summed E-state index contributed by atoms with van der Waals surface area (Å²) in [7, 11) is 0. The van der Waals surface area contributed by atoms with Crippen LogP contribution in [0.1, 0.15) is 63.5 Å². The number of ether oxygens (including phenoxy) is 2. The van der Waals surface area contributed by atoms with Crippen molar-refractivity contribution in [1.82, 2.24) is 10.2 Å². The van der Waals surface area contributed by atoms with Crippen LogP contribution in [-0.4, -0.2) is 56.2 Å². The third-order valence-corrected chi connectivity index (χ3v) is 4.95. The van der Waals surface area contributed by atoms with E-state index in [0.29, 0.717) is 12.3 Å². The van der Waals surface area contributed by atoms with Crippen LogP contribution < -0.4 is 10.1 Å². The summed E-state index contributed by atoms with van der Waals surface area (Å²) in [4.78, 5) is 26.7. The highest BCUT2D eigenvalue weighted by Gasteiger charge is 2.18. The Kier molecular flexibility index (Phi) is 8.93. The van der Waals surface area contributed by atoms with Crippen molar-refractivity contribution < 1.29 is 19.1 Å². The molecule has 28 heavy (non-hydrogen) atoms. The number of esters is 1. The molecule has 1 aliphatic rings. The van der Waals surface area contributed by atoms with Crippen LogP contribution in [0.2, 0.25) is 0 Å². The minimum atomic E-state index is -0.363. The number of hydrogen-bond acceptors (Lipinski definition) is 5. The van der Waals surface area contributed by atoms with E-state index in [0.717, 1.165) is 44.0 Å². The second kappa shape index (κ2) is 11.2.